The molecular formula is C16H28. The van der Waals surface area contributed by atoms with Gasteiger partial charge in [0.1, 0.15) is 0 Å². The molecule has 0 fully saturated rings. The lowest BCUT2D eigenvalue weighted by molar-refractivity contribution is 0.674. The van der Waals surface area contributed by atoms with Crippen molar-refractivity contribution in [3.63, 3.8) is 0 Å². The van der Waals surface area contributed by atoms with Gasteiger partial charge >= 0.3 is 0 Å². The molecule has 0 N–H and O–H groups in total. The zero-order valence-corrected chi connectivity index (χ0v) is 11.1. The van der Waals surface area contributed by atoms with Crippen LogP contribution in [0.15, 0.2) is 36.5 Å². The Bertz CT molecular complexity index is 196. The van der Waals surface area contributed by atoms with Crippen LogP contribution in [-0.2, 0) is 0 Å². The molecule has 0 aliphatic carbocycles. The molecule has 0 saturated carbocycles. The van der Waals surface area contributed by atoms with Gasteiger partial charge in [-0.15, -0.1) is 0 Å². The Kier molecular flexibility index (Phi) is 13.5. The van der Waals surface area contributed by atoms with E-state index in [1.807, 2.05) is 0 Å². The Labute approximate surface area is 102 Å². The summed E-state index contributed by atoms with van der Waals surface area (Å²) in [6, 6.07) is 0. The average molecular weight is 220 g/mol. The van der Waals surface area contributed by atoms with Crippen molar-refractivity contribution in [2.45, 2.75) is 65.2 Å². The molecule has 0 heteroatoms. The predicted octanol–water partition coefficient (Wildman–Crippen LogP) is 5.82. The summed E-state index contributed by atoms with van der Waals surface area (Å²) in [6.45, 7) is 4.42. The first-order valence-electron chi connectivity index (χ1n) is 6.88. The lowest BCUT2D eigenvalue weighted by atomic mass is 10.1. The maximum absolute atomic E-state index is 2.34. The molecule has 0 spiro atoms. The molecule has 0 bridgehead atoms. The molecule has 0 aromatic heterocycles. The van der Waals surface area contributed by atoms with Crippen LogP contribution in [-0.4, -0.2) is 0 Å². The fourth-order valence-corrected chi connectivity index (χ4v) is 1.51. The fourth-order valence-electron chi connectivity index (χ4n) is 1.51. The molecule has 0 atom stereocenters. The van der Waals surface area contributed by atoms with E-state index in [2.05, 4.69) is 50.3 Å². The molecule has 0 amide bonds. The van der Waals surface area contributed by atoms with Crippen LogP contribution in [0.25, 0.3) is 0 Å². The van der Waals surface area contributed by atoms with Crippen LogP contribution in [0.1, 0.15) is 65.2 Å². The minimum atomic E-state index is 1.13. The van der Waals surface area contributed by atoms with E-state index < -0.39 is 0 Å². The Balaban J connectivity index is 3.21. The van der Waals surface area contributed by atoms with Gasteiger partial charge in [-0.2, -0.15) is 0 Å². The summed E-state index contributed by atoms with van der Waals surface area (Å²) in [5.41, 5.74) is 0. The van der Waals surface area contributed by atoms with Gasteiger partial charge in [-0.3, -0.25) is 0 Å². The Morgan fingerprint density at radius 1 is 0.625 bits per heavy atom. The Morgan fingerprint density at radius 2 is 1.31 bits per heavy atom. The molecule has 0 aliphatic rings. The third kappa shape index (κ3) is 13.2. The van der Waals surface area contributed by atoms with E-state index in [1.54, 1.807) is 0 Å². The molecule has 0 unspecified atom stereocenters. The quantitative estimate of drug-likeness (QED) is 0.247. The molecule has 0 saturated heterocycles. The Hall–Kier alpha value is -0.780. The normalized spacial score (nSPS) is 12.4. The number of hydrogen-bond acceptors (Lipinski definition) is 0. The van der Waals surface area contributed by atoms with Crippen molar-refractivity contribution in [2.75, 3.05) is 0 Å². The zero-order chi connectivity index (χ0) is 11.9. The third-order valence-electron chi connectivity index (χ3n) is 2.51. The van der Waals surface area contributed by atoms with Crippen LogP contribution < -0.4 is 0 Å². The van der Waals surface area contributed by atoms with E-state index in [1.165, 1.54) is 44.9 Å². The average Bonchev–Trinajstić information content (AvgIpc) is 2.31. The summed E-state index contributed by atoms with van der Waals surface area (Å²) >= 11 is 0. The second-order valence-electron chi connectivity index (χ2n) is 4.16. The van der Waals surface area contributed by atoms with Gasteiger partial charge in [-0.25, -0.2) is 0 Å². The molecule has 0 heterocycles. The second-order valence-corrected chi connectivity index (χ2v) is 4.16. The van der Waals surface area contributed by atoms with Gasteiger partial charge in [0, 0.05) is 0 Å². The summed E-state index contributed by atoms with van der Waals surface area (Å²) < 4.78 is 0. The largest absolute Gasteiger partial charge is 0.0885 e. The van der Waals surface area contributed by atoms with Crippen molar-refractivity contribution >= 4 is 0 Å². The molecule has 0 aliphatic heterocycles. The summed E-state index contributed by atoms with van der Waals surface area (Å²) in [4.78, 5) is 0. The van der Waals surface area contributed by atoms with E-state index in [0.717, 1.165) is 6.42 Å². The van der Waals surface area contributed by atoms with Gasteiger partial charge < -0.3 is 0 Å². The standard InChI is InChI=1S/C16H28/c1-3-5-7-9-11-13-15-16-14-12-10-8-6-4-2/h5,7,9,11,14,16H,3-4,6,8,10,12-13,15H2,1-2H3. The molecule has 0 radical (unpaired) electrons. The summed E-state index contributed by atoms with van der Waals surface area (Å²) in [6.07, 6.45) is 23.6. The predicted molar refractivity (Wildman–Crippen MR) is 75.7 cm³/mol. The summed E-state index contributed by atoms with van der Waals surface area (Å²) in [7, 11) is 0. The van der Waals surface area contributed by atoms with E-state index in [4.69, 9.17) is 0 Å². The molecule has 92 valence electrons. The van der Waals surface area contributed by atoms with Crippen LogP contribution in [0.5, 0.6) is 0 Å². The molecule has 0 aromatic rings. The SMILES string of the molecule is CCC=CC=CCCC=CCCCCCC. The van der Waals surface area contributed by atoms with Crippen molar-refractivity contribution in [3.8, 4) is 0 Å². The van der Waals surface area contributed by atoms with Crippen LogP contribution in [0.4, 0.5) is 0 Å². The molecule has 0 nitrogen and oxygen atoms in total. The van der Waals surface area contributed by atoms with Crippen LogP contribution in [0.2, 0.25) is 0 Å². The van der Waals surface area contributed by atoms with Gasteiger partial charge in [0.25, 0.3) is 0 Å². The highest BCUT2D eigenvalue weighted by molar-refractivity contribution is 5.02. The van der Waals surface area contributed by atoms with Crippen molar-refractivity contribution in [3.05, 3.63) is 36.5 Å². The first-order chi connectivity index (χ1) is 7.91. The first kappa shape index (κ1) is 15.2. The minimum Gasteiger partial charge on any atom is -0.0885 e. The molecule has 0 aromatic carbocycles. The van der Waals surface area contributed by atoms with E-state index in [-0.39, 0.29) is 0 Å². The maximum atomic E-state index is 2.34. The monoisotopic (exact) mass is 220 g/mol. The molecule has 16 heavy (non-hydrogen) atoms. The lowest BCUT2D eigenvalue weighted by Crippen LogP contribution is -1.73. The fraction of sp³-hybridized carbons (Fsp3) is 0.625. The lowest BCUT2D eigenvalue weighted by Gasteiger charge is -1.93. The van der Waals surface area contributed by atoms with Crippen molar-refractivity contribution in [1.29, 1.82) is 0 Å². The topological polar surface area (TPSA) is 0 Å². The van der Waals surface area contributed by atoms with Gasteiger partial charge in [-0.1, -0.05) is 69.6 Å². The summed E-state index contributed by atoms with van der Waals surface area (Å²) in [5.74, 6) is 0. The minimum absolute atomic E-state index is 1.13. The van der Waals surface area contributed by atoms with Crippen LogP contribution in [0, 0.1) is 0 Å². The van der Waals surface area contributed by atoms with Crippen molar-refractivity contribution in [2.24, 2.45) is 0 Å². The van der Waals surface area contributed by atoms with E-state index in [0.29, 0.717) is 0 Å². The molecular weight excluding hydrogens is 192 g/mol. The van der Waals surface area contributed by atoms with E-state index >= 15 is 0 Å². The Morgan fingerprint density at radius 3 is 2.06 bits per heavy atom. The van der Waals surface area contributed by atoms with Gasteiger partial charge in [-0.05, 0) is 32.1 Å². The maximum Gasteiger partial charge on any atom is -0.0313 e. The summed E-state index contributed by atoms with van der Waals surface area (Å²) in [5, 5.41) is 0. The smallest absolute Gasteiger partial charge is 0.0313 e. The number of unbranched alkanes of at least 4 members (excludes halogenated alkanes) is 5. The number of allylic oxidation sites excluding steroid dienone is 6. The van der Waals surface area contributed by atoms with Gasteiger partial charge in [0.2, 0.25) is 0 Å². The van der Waals surface area contributed by atoms with Crippen LogP contribution in [0.3, 0.4) is 0 Å². The highest BCUT2D eigenvalue weighted by Gasteiger charge is 1.83. The highest BCUT2D eigenvalue weighted by Crippen LogP contribution is 2.03. The highest BCUT2D eigenvalue weighted by atomic mass is 13.9. The zero-order valence-electron chi connectivity index (χ0n) is 11.1. The van der Waals surface area contributed by atoms with E-state index in [9.17, 15) is 0 Å². The van der Waals surface area contributed by atoms with Crippen LogP contribution >= 0.6 is 0 Å². The third-order valence-corrected chi connectivity index (χ3v) is 2.51. The van der Waals surface area contributed by atoms with Gasteiger partial charge in [0.05, 0.1) is 0 Å². The van der Waals surface area contributed by atoms with Gasteiger partial charge in [0.15, 0.2) is 0 Å². The first-order valence-corrected chi connectivity index (χ1v) is 6.88. The number of hydrogen-bond donors (Lipinski definition) is 0. The number of rotatable bonds is 10. The van der Waals surface area contributed by atoms with Crippen molar-refractivity contribution < 1.29 is 0 Å². The molecule has 0 rings (SSSR count). The second kappa shape index (κ2) is 14.2. The van der Waals surface area contributed by atoms with Crippen molar-refractivity contribution in [1.82, 2.24) is 0 Å².